The number of fused-ring (bicyclic) bond motifs is 1. The van der Waals surface area contributed by atoms with Gasteiger partial charge in [0.05, 0.1) is 10.9 Å². The first-order valence-corrected chi connectivity index (χ1v) is 16.1. The summed E-state index contributed by atoms with van der Waals surface area (Å²) in [7, 11) is -3.64. The number of thiophene rings is 1. The maximum atomic E-state index is 13.7. The molecule has 8 heteroatoms. The van der Waals surface area contributed by atoms with Crippen LogP contribution >= 0.6 is 11.3 Å². The van der Waals surface area contributed by atoms with E-state index in [1.807, 2.05) is 56.1 Å². The average molecular weight is 566 g/mol. The second kappa shape index (κ2) is 11.2. The predicted octanol–water partition coefficient (Wildman–Crippen LogP) is 5.24. The van der Waals surface area contributed by atoms with Gasteiger partial charge in [-0.2, -0.15) is 4.31 Å². The molecule has 0 bridgehead atoms. The molecule has 2 atom stereocenters. The molecular weight excluding hydrogens is 526 g/mol. The third-order valence-corrected chi connectivity index (χ3v) is 11.6. The van der Waals surface area contributed by atoms with Crippen molar-refractivity contribution in [1.82, 2.24) is 14.1 Å². The number of rotatable bonds is 6. The SMILES string of the molecule is Cc1cc(C)c(S(=O)(=O)N2CCN(C(=O)CCN3CCc4sccc4[C@H]3c3ccccc3C)C[C@@H]2C)c(C)c1. The smallest absolute Gasteiger partial charge is 0.243 e. The van der Waals surface area contributed by atoms with E-state index in [4.69, 9.17) is 0 Å². The molecule has 5 rings (SSSR count). The van der Waals surface area contributed by atoms with Gasteiger partial charge < -0.3 is 4.90 Å². The lowest BCUT2D eigenvalue weighted by Gasteiger charge is -2.40. The standard InChI is InChI=1S/C31H39N3O3S2/c1-21-18-23(3)31(24(4)19-21)39(36,37)34-16-15-33(20-25(34)5)29(35)11-14-32-13-10-28-27(12-17-38-28)30(32)26-9-7-6-8-22(26)2/h6-9,12,17-19,25,30H,10-11,13-16,20H2,1-5H3/t25-,30+/m0/s1. The van der Waals surface area contributed by atoms with Crippen molar-refractivity contribution in [2.45, 2.75) is 64.4 Å². The second-order valence-corrected chi connectivity index (χ2v) is 14.0. The van der Waals surface area contributed by atoms with Crippen molar-refractivity contribution < 1.29 is 13.2 Å². The maximum absolute atomic E-state index is 13.7. The quantitative estimate of drug-likeness (QED) is 0.410. The monoisotopic (exact) mass is 565 g/mol. The van der Waals surface area contributed by atoms with Gasteiger partial charge in [-0.05, 0) is 80.3 Å². The van der Waals surface area contributed by atoms with Crippen LogP contribution in [0.25, 0.3) is 0 Å². The lowest BCUT2D eigenvalue weighted by Crippen LogP contribution is -2.55. The molecule has 2 aromatic carbocycles. The van der Waals surface area contributed by atoms with E-state index in [2.05, 4.69) is 47.5 Å². The van der Waals surface area contributed by atoms with E-state index < -0.39 is 10.0 Å². The minimum Gasteiger partial charge on any atom is -0.340 e. The van der Waals surface area contributed by atoms with Gasteiger partial charge in [-0.25, -0.2) is 8.42 Å². The van der Waals surface area contributed by atoms with Crippen LogP contribution in [0, 0.1) is 27.7 Å². The summed E-state index contributed by atoms with van der Waals surface area (Å²) >= 11 is 1.83. The molecule has 1 saturated heterocycles. The van der Waals surface area contributed by atoms with Crippen molar-refractivity contribution in [3.05, 3.63) is 86.1 Å². The Hall–Kier alpha value is -2.52. The Kier molecular flexibility index (Phi) is 8.02. The van der Waals surface area contributed by atoms with Crippen LogP contribution in [0.4, 0.5) is 0 Å². The molecule has 39 heavy (non-hydrogen) atoms. The number of nitrogens with zero attached hydrogens (tertiary/aromatic N) is 3. The number of sulfonamides is 1. The van der Waals surface area contributed by atoms with Gasteiger partial charge in [0.1, 0.15) is 0 Å². The number of hydrogen-bond donors (Lipinski definition) is 0. The van der Waals surface area contributed by atoms with E-state index in [1.165, 1.54) is 21.6 Å². The Bertz CT molecular complexity index is 1460. The first-order chi connectivity index (χ1) is 18.6. The van der Waals surface area contributed by atoms with Gasteiger partial charge in [-0.3, -0.25) is 9.69 Å². The van der Waals surface area contributed by atoms with Gasteiger partial charge in [-0.15, -0.1) is 11.3 Å². The Morgan fingerprint density at radius 2 is 1.67 bits per heavy atom. The fourth-order valence-electron chi connectivity index (χ4n) is 6.48. The van der Waals surface area contributed by atoms with E-state index in [-0.39, 0.29) is 18.0 Å². The van der Waals surface area contributed by atoms with Crippen LogP contribution in [0.5, 0.6) is 0 Å². The molecule has 3 heterocycles. The highest BCUT2D eigenvalue weighted by Crippen LogP contribution is 2.39. The zero-order valence-electron chi connectivity index (χ0n) is 23.6. The molecular formula is C31H39N3O3S2. The van der Waals surface area contributed by atoms with Crippen molar-refractivity contribution in [3.63, 3.8) is 0 Å². The van der Waals surface area contributed by atoms with Crippen molar-refractivity contribution in [1.29, 1.82) is 0 Å². The van der Waals surface area contributed by atoms with E-state index in [0.717, 1.165) is 29.7 Å². The number of carbonyl (C=O) groups is 1. The first-order valence-electron chi connectivity index (χ1n) is 13.8. The maximum Gasteiger partial charge on any atom is 0.243 e. The van der Waals surface area contributed by atoms with Gasteiger partial charge >= 0.3 is 0 Å². The summed E-state index contributed by atoms with van der Waals surface area (Å²) in [4.78, 5) is 19.5. The molecule has 0 radical (unpaired) electrons. The number of amides is 1. The van der Waals surface area contributed by atoms with Crippen LogP contribution in [-0.2, 0) is 21.2 Å². The molecule has 3 aromatic rings. The predicted molar refractivity (Wildman–Crippen MR) is 158 cm³/mol. The molecule has 0 N–H and O–H groups in total. The highest BCUT2D eigenvalue weighted by molar-refractivity contribution is 7.89. The second-order valence-electron chi connectivity index (χ2n) is 11.1. The summed E-state index contributed by atoms with van der Waals surface area (Å²) in [6.45, 7) is 12.5. The van der Waals surface area contributed by atoms with E-state index in [1.54, 1.807) is 4.31 Å². The number of hydrogen-bond acceptors (Lipinski definition) is 5. The van der Waals surface area contributed by atoms with Crippen LogP contribution in [0.15, 0.2) is 52.7 Å². The minimum atomic E-state index is -3.64. The Labute approximate surface area is 237 Å². The van der Waals surface area contributed by atoms with E-state index in [0.29, 0.717) is 37.5 Å². The molecule has 1 fully saturated rings. The Balaban J connectivity index is 1.26. The lowest BCUT2D eigenvalue weighted by molar-refractivity contribution is -0.133. The first kappa shape index (κ1) is 28.0. The molecule has 6 nitrogen and oxygen atoms in total. The molecule has 1 amide bonds. The summed E-state index contributed by atoms with van der Waals surface area (Å²) < 4.78 is 28.9. The van der Waals surface area contributed by atoms with Gasteiger partial charge in [-0.1, -0.05) is 42.0 Å². The fourth-order valence-corrected chi connectivity index (χ4v) is 9.41. The third kappa shape index (κ3) is 5.44. The topological polar surface area (TPSA) is 60.9 Å². The molecule has 0 saturated carbocycles. The van der Waals surface area contributed by atoms with Crippen molar-refractivity contribution in [2.75, 3.05) is 32.7 Å². The molecule has 2 aliphatic heterocycles. The minimum absolute atomic E-state index is 0.0984. The van der Waals surface area contributed by atoms with E-state index in [9.17, 15) is 13.2 Å². The van der Waals surface area contributed by atoms with Crippen LogP contribution in [-0.4, -0.2) is 67.2 Å². The van der Waals surface area contributed by atoms with E-state index >= 15 is 0 Å². The van der Waals surface area contributed by atoms with Crippen molar-refractivity contribution >= 4 is 27.3 Å². The highest BCUT2D eigenvalue weighted by Gasteiger charge is 2.37. The van der Waals surface area contributed by atoms with Crippen LogP contribution in [0.2, 0.25) is 0 Å². The van der Waals surface area contributed by atoms with Crippen LogP contribution in [0.1, 0.15) is 57.6 Å². The number of piperazine rings is 1. The van der Waals surface area contributed by atoms with Crippen molar-refractivity contribution in [3.8, 4) is 0 Å². The zero-order chi connectivity index (χ0) is 27.9. The summed E-state index contributed by atoms with van der Waals surface area (Å²) in [5.41, 5.74) is 6.54. The van der Waals surface area contributed by atoms with Gasteiger partial charge in [0.25, 0.3) is 0 Å². The summed E-state index contributed by atoms with van der Waals surface area (Å²) in [5, 5.41) is 2.18. The van der Waals surface area contributed by atoms with Gasteiger partial charge in [0.15, 0.2) is 0 Å². The van der Waals surface area contributed by atoms with Crippen LogP contribution in [0.3, 0.4) is 0 Å². The highest BCUT2D eigenvalue weighted by atomic mass is 32.2. The fraction of sp³-hybridized carbons (Fsp3) is 0.452. The Morgan fingerprint density at radius 1 is 0.949 bits per heavy atom. The molecule has 1 aromatic heterocycles. The van der Waals surface area contributed by atoms with Crippen LogP contribution < -0.4 is 0 Å². The van der Waals surface area contributed by atoms with Gasteiger partial charge in [0.2, 0.25) is 15.9 Å². The summed E-state index contributed by atoms with van der Waals surface area (Å²) in [6.07, 6.45) is 1.44. The molecule has 2 aliphatic rings. The Morgan fingerprint density at radius 3 is 2.36 bits per heavy atom. The number of carbonyl (C=O) groups excluding carboxylic acids is 1. The zero-order valence-corrected chi connectivity index (χ0v) is 25.2. The average Bonchev–Trinajstić information content (AvgIpc) is 3.35. The lowest BCUT2D eigenvalue weighted by atomic mass is 9.90. The normalized spacial score (nSPS) is 20.7. The summed E-state index contributed by atoms with van der Waals surface area (Å²) in [6, 6.07) is 14.5. The largest absolute Gasteiger partial charge is 0.340 e. The molecule has 0 unspecified atom stereocenters. The van der Waals surface area contributed by atoms with Gasteiger partial charge in [0, 0.05) is 50.1 Å². The van der Waals surface area contributed by atoms with Crippen molar-refractivity contribution in [2.24, 2.45) is 0 Å². The number of aryl methyl sites for hydroxylation is 4. The number of benzene rings is 2. The molecule has 0 aliphatic carbocycles. The third-order valence-electron chi connectivity index (χ3n) is 8.25. The summed E-state index contributed by atoms with van der Waals surface area (Å²) in [5.74, 6) is 0.0984. The molecule has 0 spiro atoms. The molecule has 208 valence electrons.